The molecule has 0 N–H and O–H groups in total. The van der Waals surface area contributed by atoms with Gasteiger partial charge in [-0.05, 0) is 19.1 Å². The minimum absolute atomic E-state index is 0.164. The van der Waals surface area contributed by atoms with Crippen LogP contribution in [0.5, 0.6) is 0 Å². The highest BCUT2D eigenvalue weighted by Crippen LogP contribution is 2.12. The minimum Gasteiger partial charge on any atom is -0.266 e. The Kier molecular flexibility index (Phi) is 3.34. The van der Waals surface area contributed by atoms with E-state index in [1.165, 1.54) is 12.1 Å². The zero-order valence-corrected chi connectivity index (χ0v) is 11.5. The normalized spacial score (nSPS) is 11.6. The first-order valence-electron chi connectivity index (χ1n) is 5.55. The van der Waals surface area contributed by atoms with Crippen molar-refractivity contribution in [1.29, 1.82) is 0 Å². The molecule has 0 atom stereocenters. The highest BCUT2D eigenvalue weighted by molar-refractivity contribution is 7.90. The summed E-state index contributed by atoms with van der Waals surface area (Å²) in [4.78, 5) is 22.9. The lowest BCUT2D eigenvalue weighted by molar-refractivity contribution is 0.544. The van der Waals surface area contributed by atoms with Gasteiger partial charge in [0.15, 0.2) is 0 Å². The summed E-state index contributed by atoms with van der Waals surface area (Å²) in [6, 6.07) is 5.72. The van der Waals surface area contributed by atoms with Crippen molar-refractivity contribution in [3.8, 4) is 0 Å². The molecule has 1 aromatic carbocycles. The number of halogens is 1. The summed E-state index contributed by atoms with van der Waals surface area (Å²) in [6.45, 7) is 1.77. The van der Waals surface area contributed by atoms with Crippen LogP contribution in [-0.4, -0.2) is 17.0 Å². The Hall–Kier alpha value is -2.22. The van der Waals surface area contributed by atoms with Crippen LogP contribution in [-0.2, 0) is 17.1 Å². The number of rotatable bonds is 2. The molecule has 106 valence electrons. The summed E-state index contributed by atoms with van der Waals surface area (Å²) in [5, 5.41) is 0. The van der Waals surface area contributed by atoms with Gasteiger partial charge in [-0.3, -0.25) is 9.36 Å². The van der Waals surface area contributed by atoms with E-state index in [0.717, 1.165) is 12.6 Å². The SMILES string of the molecule is Cc1ccc(S(=O)(=O)n2cc(F)c(=O)n(C)c2=O)cc1. The summed E-state index contributed by atoms with van der Waals surface area (Å²) in [5.74, 6) is -1.32. The van der Waals surface area contributed by atoms with Crippen molar-refractivity contribution in [1.82, 2.24) is 8.54 Å². The van der Waals surface area contributed by atoms with Gasteiger partial charge in [0.2, 0.25) is 5.82 Å². The lowest BCUT2D eigenvalue weighted by atomic mass is 10.2. The van der Waals surface area contributed by atoms with E-state index in [0.29, 0.717) is 10.8 Å². The first-order chi connectivity index (χ1) is 9.25. The second-order valence-electron chi connectivity index (χ2n) is 4.24. The molecule has 0 fully saturated rings. The van der Waals surface area contributed by atoms with E-state index in [9.17, 15) is 22.4 Å². The van der Waals surface area contributed by atoms with Crippen LogP contribution in [0.3, 0.4) is 0 Å². The zero-order chi connectivity index (χ0) is 15.1. The maximum atomic E-state index is 13.4. The van der Waals surface area contributed by atoms with Crippen LogP contribution in [0.4, 0.5) is 4.39 Å². The van der Waals surface area contributed by atoms with E-state index in [2.05, 4.69) is 0 Å². The molecule has 2 aromatic rings. The fraction of sp³-hybridized carbons (Fsp3) is 0.167. The number of nitrogens with zero attached hydrogens (tertiary/aromatic N) is 2. The topological polar surface area (TPSA) is 78.1 Å². The van der Waals surface area contributed by atoms with Crippen molar-refractivity contribution in [2.75, 3.05) is 0 Å². The first-order valence-corrected chi connectivity index (χ1v) is 6.99. The molecule has 1 aromatic heterocycles. The molecule has 8 heteroatoms. The monoisotopic (exact) mass is 298 g/mol. The maximum absolute atomic E-state index is 13.4. The van der Waals surface area contributed by atoms with Crippen LogP contribution in [0.2, 0.25) is 0 Å². The van der Waals surface area contributed by atoms with E-state index in [1.54, 1.807) is 19.1 Å². The zero-order valence-electron chi connectivity index (χ0n) is 10.7. The van der Waals surface area contributed by atoms with Crippen LogP contribution < -0.4 is 11.2 Å². The lowest BCUT2D eigenvalue weighted by Crippen LogP contribution is -2.41. The molecule has 0 aliphatic heterocycles. The average molecular weight is 298 g/mol. The standard InChI is InChI=1S/C12H11FN2O4S/c1-8-3-5-9(6-4-8)20(18,19)15-7-10(13)11(16)14(2)12(15)17/h3-7H,1-2H3. The summed E-state index contributed by atoms with van der Waals surface area (Å²) >= 11 is 0. The van der Waals surface area contributed by atoms with Crippen LogP contribution in [0.1, 0.15) is 5.56 Å². The number of hydrogen-bond donors (Lipinski definition) is 0. The van der Waals surface area contributed by atoms with Gasteiger partial charge >= 0.3 is 5.69 Å². The van der Waals surface area contributed by atoms with Crippen LogP contribution in [0.25, 0.3) is 0 Å². The molecule has 0 unspecified atom stereocenters. The summed E-state index contributed by atoms with van der Waals surface area (Å²) in [5.41, 5.74) is -1.47. The van der Waals surface area contributed by atoms with E-state index in [1.807, 2.05) is 0 Å². The second-order valence-corrected chi connectivity index (χ2v) is 6.05. The lowest BCUT2D eigenvalue weighted by Gasteiger charge is -2.09. The Bertz CT molecular complexity index is 879. The predicted octanol–water partition coefficient (Wildman–Crippen LogP) is 0.232. The molecular weight excluding hydrogens is 287 g/mol. The van der Waals surface area contributed by atoms with Crippen molar-refractivity contribution < 1.29 is 12.8 Å². The molecule has 0 radical (unpaired) electrons. The average Bonchev–Trinajstić information content (AvgIpc) is 2.41. The van der Waals surface area contributed by atoms with Gasteiger partial charge in [0.05, 0.1) is 11.1 Å². The third kappa shape index (κ3) is 2.18. The van der Waals surface area contributed by atoms with Crippen molar-refractivity contribution in [2.24, 2.45) is 7.05 Å². The Labute approximate surface area is 113 Å². The maximum Gasteiger partial charge on any atom is 0.345 e. The molecule has 0 bridgehead atoms. The summed E-state index contributed by atoms with van der Waals surface area (Å²) < 4.78 is 38.5. The van der Waals surface area contributed by atoms with Crippen LogP contribution >= 0.6 is 0 Å². The molecule has 0 aliphatic rings. The third-order valence-corrected chi connectivity index (χ3v) is 4.44. The van der Waals surface area contributed by atoms with Gasteiger partial charge in [-0.15, -0.1) is 0 Å². The minimum atomic E-state index is -4.24. The van der Waals surface area contributed by atoms with E-state index >= 15 is 0 Å². The fourth-order valence-corrected chi connectivity index (χ4v) is 2.87. The molecule has 0 saturated heterocycles. The summed E-state index contributed by atoms with van der Waals surface area (Å²) in [6.07, 6.45) is 0.389. The quantitative estimate of drug-likeness (QED) is 0.795. The predicted molar refractivity (Wildman–Crippen MR) is 69.7 cm³/mol. The van der Waals surface area contributed by atoms with E-state index in [-0.39, 0.29) is 8.87 Å². The number of aromatic nitrogens is 2. The molecule has 0 amide bonds. The number of benzene rings is 1. The van der Waals surface area contributed by atoms with E-state index in [4.69, 9.17) is 0 Å². The molecule has 6 nitrogen and oxygen atoms in total. The molecule has 20 heavy (non-hydrogen) atoms. The number of hydrogen-bond acceptors (Lipinski definition) is 4. The fourth-order valence-electron chi connectivity index (χ4n) is 1.60. The second kappa shape index (κ2) is 4.71. The Morgan fingerprint density at radius 3 is 2.20 bits per heavy atom. The Morgan fingerprint density at radius 2 is 1.65 bits per heavy atom. The van der Waals surface area contributed by atoms with Gasteiger partial charge in [-0.1, -0.05) is 17.7 Å². The molecule has 2 rings (SSSR count). The van der Waals surface area contributed by atoms with Gasteiger partial charge < -0.3 is 0 Å². The highest BCUT2D eigenvalue weighted by atomic mass is 32.2. The highest BCUT2D eigenvalue weighted by Gasteiger charge is 2.21. The number of aryl methyl sites for hydroxylation is 1. The van der Waals surface area contributed by atoms with Crippen molar-refractivity contribution in [2.45, 2.75) is 11.8 Å². The Morgan fingerprint density at radius 1 is 1.10 bits per heavy atom. The van der Waals surface area contributed by atoms with E-state index < -0.39 is 27.1 Å². The van der Waals surface area contributed by atoms with Crippen molar-refractivity contribution in [3.05, 3.63) is 62.7 Å². The molecule has 1 heterocycles. The molecule has 0 aliphatic carbocycles. The van der Waals surface area contributed by atoms with Gasteiger partial charge in [-0.25, -0.2) is 13.2 Å². The Balaban J connectivity index is 2.77. The van der Waals surface area contributed by atoms with Crippen LogP contribution in [0.15, 0.2) is 44.9 Å². The van der Waals surface area contributed by atoms with Gasteiger partial charge in [0, 0.05) is 7.05 Å². The molecular formula is C12H11FN2O4S. The van der Waals surface area contributed by atoms with Crippen LogP contribution in [0, 0.1) is 12.7 Å². The van der Waals surface area contributed by atoms with Crippen molar-refractivity contribution >= 4 is 10.0 Å². The van der Waals surface area contributed by atoms with Gasteiger partial charge in [0.1, 0.15) is 0 Å². The molecule has 0 saturated carbocycles. The first kappa shape index (κ1) is 14.2. The van der Waals surface area contributed by atoms with Crippen molar-refractivity contribution in [3.63, 3.8) is 0 Å². The van der Waals surface area contributed by atoms with Gasteiger partial charge in [-0.2, -0.15) is 8.36 Å². The van der Waals surface area contributed by atoms with Gasteiger partial charge in [0.25, 0.3) is 15.6 Å². The smallest absolute Gasteiger partial charge is 0.266 e. The summed E-state index contributed by atoms with van der Waals surface area (Å²) in [7, 11) is -3.23. The largest absolute Gasteiger partial charge is 0.345 e. The third-order valence-electron chi connectivity index (χ3n) is 2.79. The molecule has 0 spiro atoms.